The number of aryl methyl sites for hydroxylation is 3. The molecule has 0 aliphatic rings. The van der Waals surface area contributed by atoms with Crippen molar-refractivity contribution in [2.75, 3.05) is 0 Å². The van der Waals surface area contributed by atoms with Crippen molar-refractivity contribution in [3.8, 4) is 11.1 Å². The van der Waals surface area contributed by atoms with Crippen LogP contribution in [0, 0.1) is 27.7 Å². The molecule has 0 amide bonds. The summed E-state index contributed by atoms with van der Waals surface area (Å²) in [6.45, 7) is 8.75. The molecule has 2 aromatic rings. The predicted octanol–water partition coefficient (Wildman–Crippen LogP) is 4.59. The van der Waals surface area contributed by atoms with Crippen molar-refractivity contribution in [2.24, 2.45) is 0 Å². The monoisotopic (exact) mass is 210 g/mol. The standard InChI is InChI=1S/C16H18/c1-11-7-6-10-15(14(11)4)16-12(2)8-5-9-13(16)3/h5-10H,1-4H3. The second-order valence-corrected chi connectivity index (χ2v) is 4.51. The average Bonchev–Trinajstić information content (AvgIpc) is 2.24. The quantitative estimate of drug-likeness (QED) is 0.646. The summed E-state index contributed by atoms with van der Waals surface area (Å²) in [5.41, 5.74) is 8.22. The molecule has 0 bridgehead atoms. The first-order valence-corrected chi connectivity index (χ1v) is 5.74. The van der Waals surface area contributed by atoms with Crippen LogP contribution in [0.25, 0.3) is 11.1 Å². The lowest BCUT2D eigenvalue weighted by Crippen LogP contribution is -1.92. The van der Waals surface area contributed by atoms with Crippen LogP contribution in [-0.4, -0.2) is 0 Å². The Morgan fingerprint density at radius 3 is 1.75 bits per heavy atom. The molecule has 0 unspecified atom stereocenters. The number of benzene rings is 2. The van der Waals surface area contributed by atoms with E-state index in [9.17, 15) is 0 Å². The molecule has 0 saturated heterocycles. The van der Waals surface area contributed by atoms with Gasteiger partial charge in [-0.25, -0.2) is 0 Å². The van der Waals surface area contributed by atoms with Crippen molar-refractivity contribution in [3.63, 3.8) is 0 Å². The Hall–Kier alpha value is -1.56. The van der Waals surface area contributed by atoms with Crippen LogP contribution >= 0.6 is 0 Å². The molecule has 0 heteroatoms. The van der Waals surface area contributed by atoms with Gasteiger partial charge in [0.25, 0.3) is 0 Å². The molecule has 0 aliphatic carbocycles. The lowest BCUT2D eigenvalue weighted by molar-refractivity contribution is 1.31. The number of hydrogen-bond donors (Lipinski definition) is 0. The highest BCUT2D eigenvalue weighted by molar-refractivity contribution is 5.74. The van der Waals surface area contributed by atoms with Gasteiger partial charge in [0.2, 0.25) is 0 Å². The maximum absolute atomic E-state index is 2.22. The molecule has 0 nitrogen and oxygen atoms in total. The van der Waals surface area contributed by atoms with Crippen LogP contribution in [0.2, 0.25) is 0 Å². The van der Waals surface area contributed by atoms with Gasteiger partial charge in [0, 0.05) is 0 Å². The van der Waals surface area contributed by atoms with Crippen LogP contribution in [0.15, 0.2) is 36.4 Å². The Bertz CT molecular complexity index is 501. The normalized spacial score (nSPS) is 10.5. The van der Waals surface area contributed by atoms with E-state index in [4.69, 9.17) is 0 Å². The van der Waals surface area contributed by atoms with Crippen LogP contribution in [-0.2, 0) is 0 Å². The minimum atomic E-state index is 1.36. The summed E-state index contributed by atoms with van der Waals surface area (Å²) in [4.78, 5) is 0. The second-order valence-electron chi connectivity index (χ2n) is 4.51. The molecule has 16 heavy (non-hydrogen) atoms. The third-order valence-electron chi connectivity index (χ3n) is 3.36. The van der Waals surface area contributed by atoms with E-state index in [0.29, 0.717) is 0 Å². The third-order valence-corrected chi connectivity index (χ3v) is 3.36. The molecule has 0 atom stereocenters. The molecule has 0 aliphatic heterocycles. The molecule has 82 valence electrons. The summed E-state index contributed by atoms with van der Waals surface area (Å²) < 4.78 is 0. The third kappa shape index (κ3) is 1.76. The van der Waals surface area contributed by atoms with Crippen molar-refractivity contribution in [3.05, 3.63) is 58.7 Å². The molecule has 2 aromatic carbocycles. The average molecular weight is 210 g/mol. The maximum Gasteiger partial charge on any atom is -0.0123 e. The molecule has 2 rings (SSSR count). The zero-order valence-corrected chi connectivity index (χ0v) is 10.5. The molecular formula is C16H18. The van der Waals surface area contributed by atoms with E-state index in [1.165, 1.54) is 33.4 Å². The van der Waals surface area contributed by atoms with Gasteiger partial charge in [0.05, 0.1) is 0 Å². The number of rotatable bonds is 1. The van der Waals surface area contributed by atoms with Crippen LogP contribution in [0.5, 0.6) is 0 Å². The van der Waals surface area contributed by atoms with E-state index in [1.54, 1.807) is 0 Å². The Balaban J connectivity index is 2.73. The van der Waals surface area contributed by atoms with Gasteiger partial charge in [0.15, 0.2) is 0 Å². The van der Waals surface area contributed by atoms with E-state index in [1.807, 2.05) is 0 Å². The Kier molecular flexibility index (Phi) is 2.82. The summed E-state index contributed by atoms with van der Waals surface area (Å²) in [6.07, 6.45) is 0. The maximum atomic E-state index is 2.22. The van der Waals surface area contributed by atoms with Crippen LogP contribution < -0.4 is 0 Å². The fraction of sp³-hybridized carbons (Fsp3) is 0.250. The van der Waals surface area contributed by atoms with Crippen LogP contribution in [0.3, 0.4) is 0 Å². The molecule has 0 fully saturated rings. The highest BCUT2D eigenvalue weighted by Gasteiger charge is 2.08. The summed E-state index contributed by atoms with van der Waals surface area (Å²) in [6, 6.07) is 13.0. The van der Waals surface area contributed by atoms with Gasteiger partial charge in [-0.2, -0.15) is 0 Å². The van der Waals surface area contributed by atoms with E-state index in [-0.39, 0.29) is 0 Å². The first-order chi connectivity index (χ1) is 7.61. The van der Waals surface area contributed by atoms with Gasteiger partial charge < -0.3 is 0 Å². The molecule has 0 heterocycles. The molecule has 0 N–H and O–H groups in total. The van der Waals surface area contributed by atoms with Gasteiger partial charge in [-0.1, -0.05) is 36.4 Å². The second kappa shape index (κ2) is 4.13. The fourth-order valence-corrected chi connectivity index (χ4v) is 2.26. The summed E-state index contributed by atoms with van der Waals surface area (Å²) in [5, 5.41) is 0. The van der Waals surface area contributed by atoms with Gasteiger partial charge >= 0.3 is 0 Å². The van der Waals surface area contributed by atoms with Gasteiger partial charge in [-0.05, 0) is 61.1 Å². The van der Waals surface area contributed by atoms with Crippen LogP contribution in [0.1, 0.15) is 22.3 Å². The SMILES string of the molecule is Cc1cccc(-c2c(C)cccc2C)c1C. The first kappa shape index (κ1) is 10.9. The van der Waals surface area contributed by atoms with E-state index >= 15 is 0 Å². The number of hydrogen-bond acceptors (Lipinski definition) is 0. The smallest absolute Gasteiger partial charge is 0.0123 e. The highest BCUT2D eigenvalue weighted by atomic mass is 14.1. The molecule has 0 radical (unpaired) electrons. The van der Waals surface area contributed by atoms with E-state index < -0.39 is 0 Å². The van der Waals surface area contributed by atoms with Crippen molar-refractivity contribution in [1.29, 1.82) is 0 Å². The predicted molar refractivity (Wildman–Crippen MR) is 70.8 cm³/mol. The first-order valence-electron chi connectivity index (χ1n) is 5.74. The molecule has 0 saturated carbocycles. The summed E-state index contributed by atoms with van der Waals surface area (Å²) >= 11 is 0. The molecule has 0 spiro atoms. The highest BCUT2D eigenvalue weighted by Crippen LogP contribution is 2.30. The lowest BCUT2D eigenvalue weighted by Gasteiger charge is -2.14. The van der Waals surface area contributed by atoms with Gasteiger partial charge in [-0.3, -0.25) is 0 Å². The molecule has 0 aromatic heterocycles. The largest absolute Gasteiger partial charge is 0.0617 e. The minimum absolute atomic E-state index is 1.36. The lowest BCUT2D eigenvalue weighted by atomic mass is 9.91. The van der Waals surface area contributed by atoms with Gasteiger partial charge in [0.1, 0.15) is 0 Å². The zero-order chi connectivity index (χ0) is 11.7. The van der Waals surface area contributed by atoms with Crippen molar-refractivity contribution < 1.29 is 0 Å². The fourth-order valence-electron chi connectivity index (χ4n) is 2.26. The van der Waals surface area contributed by atoms with Crippen molar-refractivity contribution in [2.45, 2.75) is 27.7 Å². The minimum Gasteiger partial charge on any atom is -0.0617 e. The topological polar surface area (TPSA) is 0 Å². The van der Waals surface area contributed by atoms with Gasteiger partial charge in [-0.15, -0.1) is 0 Å². The Morgan fingerprint density at radius 1 is 0.625 bits per heavy atom. The van der Waals surface area contributed by atoms with Crippen molar-refractivity contribution >= 4 is 0 Å². The van der Waals surface area contributed by atoms with Crippen LogP contribution in [0.4, 0.5) is 0 Å². The molecular weight excluding hydrogens is 192 g/mol. The van der Waals surface area contributed by atoms with Crippen molar-refractivity contribution in [1.82, 2.24) is 0 Å². The summed E-state index contributed by atoms with van der Waals surface area (Å²) in [5.74, 6) is 0. The summed E-state index contributed by atoms with van der Waals surface area (Å²) in [7, 11) is 0. The Morgan fingerprint density at radius 2 is 1.12 bits per heavy atom. The Labute approximate surface area is 97.9 Å². The van der Waals surface area contributed by atoms with E-state index in [0.717, 1.165) is 0 Å². The van der Waals surface area contributed by atoms with E-state index in [2.05, 4.69) is 64.1 Å². The zero-order valence-electron chi connectivity index (χ0n) is 10.5.